The van der Waals surface area contributed by atoms with Gasteiger partial charge in [0.15, 0.2) is 5.82 Å². The molecule has 7 nitrogen and oxygen atoms in total. The molecule has 1 amide bonds. The van der Waals surface area contributed by atoms with Crippen LogP contribution >= 0.6 is 11.8 Å². The van der Waals surface area contributed by atoms with Crippen LogP contribution < -0.4 is 14.8 Å². The zero-order chi connectivity index (χ0) is 18.4. The van der Waals surface area contributed by atoms with Crippen molar-refractivity contribution in [3.8, 4) is 22.9 Å². The topological polar surface area (TPSA) is 89.1 Å². The van der Waals surface area contributed by atoms with Crippen LogP contribution in [0.2, 0.25) is 0 Å². The molecule has 3 rings (SSSR count). The summed E-state index contributed by atoms with van der Waals surface area (Å²) in [6.45, 7) is 0. The molecule has 26 heavy (non-hydrogen) atoms. The third kappa shape index (κ3) is 4.54. The van der Waals surface area contributed by atoms with E-state index in [0.717, 1.165) is 17.1 Å². The number of methoxy groups -OCH3 is 2. The van der Waals surface area contributed by atoms with E-state index in [4.69, 9.17) is 9.47 Å². The fraction of sp³-hybridized carbons (Fsp3) is 0.167. The Morgan fingerprint density at radius 2 is 1.65 bits per heavy atom. The van der Waals surface area contributed by atoms with Gasteiger partial charge in [-0.05, 0) is 48.5 Å². The first kappa shape index (κ1) is 17.8. The van der Waals surface area contributed by atoms with Crippen molar-refractivity contribution in [1.29, 1.82) is 0 Å². The lowest BCUT2D eigenvalue weighted by Crippen LogP contribution is -2.14. The number of hydrogen-bond donors (Lipinski definition) is 2. The molecule has 2 aromatic carbocycles. The number of carbonyl (C=O) groups is 1. The largest absolute Gasteiger partial charge is 0.497 e. The average Bonchev–Trinajstić information content (AvgIpc) is 3.16. The average molecular weight is 370 g/mol. The highest BCUT2D eigenvalue weighted by Crippen LogP contribution is 2.22. The quantitative estimate of drug-likeness (QED) is 0.621. The number of thioether (sulfide) groups is 1. The highest BCUT2D eigenvalue weighted by atomic mass is 32.2. The van der Waals surface area contributed by atoms with Gasteiger partial charge in [-0.1, -0.05) is 11.8 Å². The molecule has 0 fully saturated rings. The number of H-pyrrole nitrogens is 1. The number of amides is 1. The third-order valence-electron chi connectivity index (χ3n) is 3.53. The molecule has 134 valence electrons. The van der Waals surface area contributed by atoms with Crippen molar-refractivity contribution in [1.82, 2.24) is 15.2 Å². The molecule has 1 heterocycles. The second kappa shape index (κ2) is 8.39. The molecule has 0 aliphatic rings. The second-order valence-electron chi connectivity index (χ2n) is 5.26. The number of carbonyl (C=O) groups excluding carboxylic acids is 1. The van der Waals surface area contributed by atoms with Gasteiger partial charge in [-0.25, -0.2) is 4.98 Å². The first-order valence-electron chi connectivity index (χ1n) is 7.81. The Morgan fingerprint density at radius 1 is 1.04 bits per heavy atom. The Balaban J connectivity index is 1.54. The normalized spacial score (nSPS) is 10.4. The first-order valence-corrected chi connectivity index (χ1v) is 8.80. The minimum absolute atomic E-state index is 0.129. The molecule has 1 aromatic heterocycles. The number of benzene rings is 2. The monoisotopic (exact) mass is 370 g/mol. The summed E-state index contributed by atoms with van der Waals surface area (Å²) in [5.74, 6) is 2.25. The number of aromatic amines is 1. The minimum Gasteiger partial charge on any atom is -0.497 e. The molecule has 0 atom stereocenters. The summed E-state index contributed by atoms with van der Waals surface area (Å²) >= 11 is 1.26. The van der Waals surface area contributed by atoms with Gasteiger partial charge in [-0.2, -0.15) is 0 Å². The van der Waals surface area contributed by atoms with Gasteiger partial charge in [0.05, 0.1) is 20.0 Å². The second-order valence-corrected chi connectivity index (χ2v) is 6.20. The van der Waals surface area contributed by atoms with E-state index in [0.29, 0.717) is 16.7 Å². The molecule has 0 bridgehead atoms. The van der Waals surface area contributed by atoms with Gasteiger partial charge in [0.25, 0.3) is 0 Å². The summed E-state index contributed by atoms with van der Waals surface area (Å²) < 4.78 is 10.2. The molecule has 2 N–H and O–H groups in total. The molecule has 0 aliphatic heterocycles. The van der Waals surface area contributed by atoms with E-state index in [9.17, 15) is 4.79 Å². The molecular formula is C18H18N4O3S. The standard InChI is InChI=1S/C18H18N4O3S/c1-24-14-7-3-12(4-8-14)17-20-18(22-21-17)26-11-16(23)19-13-5-9-15(25-2)10-6-13/h3-10H,11H2,1-2H3,(H,19,23)(H,20,21,22). The van der Waals surface area contributed by atoms with Crippen molar-refractivity contribution in [2.45, 2.75) is 5.16 Å². The molecule has 0 spiro atoms. The van der Waals surface area contributed by atoms with Crippen molar-refractivity contribution in [3.63, 3.8) is 0 Å². The number of rotatable bonds is 7. The highest BCUT2D eigenvalue weighted by molar-refractivity contribution is 7.99. The van der Waals surface area contributed by atoms with E-state index in [1.807, 2.05) is 24.3 Å². The van der Waals surface area contributed by atoms with Crippen molar-refractivity contribution >= 4 is 23.4 Å². The number of nitrogens with zero attached hydrogens (tertiary/aromatic N) is 2. The van der Waals surface area contributed by atoms with Gasteiger partial charge in [-0.3, -0.25) is 9.89 Å². The fourth-order valence-corrected chi connectivity index (χ4v) is 2.79. The molecule has 0 saturated heterocycles. The highest BCUT2D eigenvalue weighted by Gasteiger charge is 2.09. The van der Waals surface area contributed by atoms with Crippen LogP contribution in [-0.2, 0) is 4.79 Å². The number of nitrogens with one attached hydrogen (secondary N) is 2. The zero-order valence-electron chi connectivity index (χ0n) is 14.4. The number of hydrogen-bond acceptors (Lipinski definition) is 6. The van der Waals surface area contributed by atoms with Gasteiger partial charge >= 0.3 is 0 Å². The van der Waals surface area contributed by atoms with Crippen LogP contribution in [0.1, 0.15) is 0 Å². The maximum Gasteiger partial charge on any atom is 0.234 e. The first-order chi connectivity index (χ1) is 12.7. The summed E-state index contributed by atoms with van der Waals surface area (Å²) in [5.41, 5.74) is 1.61. The van der Waals surface area contributed by atoms with Crippen molar-refractivity contribution < 1.29 is 14.3 Å². The summed E-state index contributed by atoms with van der Waals surface area (Å²) in [7, 11) is 3.22. The van der Waals surface area contributed by atoms with Gasteiger partial charge in [0.2, 0.25) is 11.1 Å². The Bertz CT molecular complexity index is 863. The van der Waals surface area contributed by atoms with Gasteiger partial charge in [0.1, 0.15) is 11.5 Å². The Kier molecular flexibility index (Phi) is 5.75. The van der Waals surface area contributed by atoms with Crippen LogP contribution in [0.25, 0.3) is 11.4 Å². The van der Waals surface area contributed by atoms with E-state index in [1.165, 1.54) is 11.8 Å². The summed E-state index contributed by atoms with van der Waals surface area (Å²) in [5, 5.41) is 10.3. The van der Waals surface area contributed by atoms with Crippen molar-refractivity contribution in [2.24, 2.45) is 0 Å². The van der Waals surface area contributed by atoms with E-state index in [1.54, 1.807) is 38.5 Å². The SMILES string of the molecule is COc1ccc(NC(=O)CSc2n[nH]c(-c3ccc(OC)cc3)n2)cc1. The lowest BCUT2D eigenvalue weighted by Gasteiger charge is -2.05. The molecule has 0 unspecified atom stereocenters. The van der Waals surface area contributed by atoms with E-state index in [-0.39, 0.29) is 11.7 Å². The zero-order valence-corrected chi connectivity index (χ0v) is 15.2. The maximum absolute atomic E-state index is 12.0. The maximum atomic E-state index is 12.0. The van der Waals surface area contributed by atoms with Crippen LogP contribution in [0, 0.1) is 0 Å². The summed E-state index contributed by atoms with van der Waals surface area (Å²) in [4.78, 5) is 16.4. The predicted molar refractivity (Wildman–Crippen MR) is 101 cm³/mol. The third-order valence-corrected chi connectivity index (χ3v) is 4.38. The Morgan fingerprint density at radius 3 is 2.27 bits per heavy atom. The van der Waals surface area contributed by atoms with E-state index >= 15 is 0 Å². The number of anilines is 1. The lowest BCUT2D eigenvalue weighted by molar-refractivity contribution is -0.113. The van der Waals surface area contributed by atoms with Gasteiger partial charge in [-0.15, -0.1) is 5.10 Å². The molecule has 3 aromatic rings. The smallest absolute Gasteiger partial charge is 0.234 e. The molecule has 0 radical (unpaired) electrons. The fourth-order valence-electron chi connectivity index (χ4n) is 2.19. The van der Waals surface area contributed by atoms with Crippen LogP contribution in [-0.4, -0.2) is 41.1 Å². The van der Waals surface area contributed by atoms with Gasteiger partial charge < -0.3 is 14.8 Å². The molecular weight excluding hydrogens is 352 g/mol. The molecule has 8 heteroatoms. The van der Waals surface area contributed by atoms with Gasteiger partial charge in [0, 0.05) is 11.3 Å². The minimum atomic E-state index is -0.129. The lowest BCUT2D eigenvalue weighted by atomic mass is 10.2. The van der Waals surface area contributed by atoms with Crippen LogP contribution in [0.15, 0.2) is 53.7 Å². The van der Waals surface area contributed by atoms with Crippen LogP contribution in [0.5, 0.6) is 11.5 Å². The van der Waals surface area contributed by atoms with Crippen LogP contribution in [0.4, 0.5) is 5.69 Å². The number of ether oxygens (including phenoxy) is 2. The van der Waals surface area contributed by atoms with E-state index < -0.39 is 0 Å². The molecule has 0 saturated carbocycles. The summed E-state index contributed by atoms with van der Waals surface area (Å²) in [6, 6.07) is 14.7. The molecule has 0 aliphatic carbocycles. The van der Waals surface area contributed by atoms with E-state index in [2.05, 4.69) is 20.5 Å². The number of aromatic nitrogens is 3. The van der Waals surface area contributed by atoms with Crippen molar-refractivity contribution in [2.75, 3.05) is 25.3 Å². The van der Waals surface area contributed by atoms with Crippen molar-refractivity contribution in [3.05, 3.63) is 48.5 Å². The summed E-state index contributed by atoms with van der Waals surface area (Å²) in [6.07, 6.45) is 0. The Hall–Kier alpha value is -3.00. The van der Waals surface area contributed by atoms with Crippen LogP contribution in [0.3, 0.4) is 0 Å². The Labute approximate surface area is 155 Å². The predicted octanol–water partition coefficient (Wildman–Crippen LogP) is 3.22.